The van der Waals surface area contributed by atoms with Crippen molar-refractivity contribution >= 4 is 5.91 Å². The predicted molar refractivity (Wildman–Crippen MR) is 62.4 cm³/mol. The lowest BCUT2D eigenvalue weighted by Crippen LogP contribution is -2.29. The van der Waals surface area contributed by atoms with E-state index in [4.69, 9.17) is 0 Å². The lowest BCUT2D eigenvalue weighted by molar-refractivity contribution is 0.0765. The molecule has 3 nitrogen and oxygen atoms in total. The Morgan fingerprint density at radius 1 is 1.38 bits per heavy atom. The second-order valence-electron chi connectivity index (χ2n) is 4.49. The van der Waals surface area contributed by atoms with Gasteiger partial charge in [0, 0.05) is 18.7 Å². The van der Waals surface area contributed by atoms with Gasteiger partial charge in [0.05, 0.1) is 6.10 Å². The smallest absolute Gasteiger partial charge is 0.253 e. The highest BCUT2D eigenvalue weighted by molar-refractivity contribution is 5.94. The van der Waals surface area contributed by atoms with Crippen LogP contribution in [0.4, 0.5) is 0 Å². The molecule has 0 saturated carbocycles. The number of hydrogen-bond donors (Lipinski definition) is 1. The van der Waals surface area contributed by atoms with Crippen LogP contribution in [0.25, 0.3) is 0 Å². The molecule has 1 aliphatic heterocycles. The molecule has 1 amide bonds. The molecular weight excluding hydrogens is 202 g/mol. The van der Waals surface area contributed by atoms with Crippen LogP contribution in [-0.4, -0.2) is 35.1 Å². The van der Waals surface area contributed by atoms with Gasteiger partial charge in [0.15, 0.2) is 0 Å². The standard InChI is InChI=1S/C13H17NO2/c1-9-3-4-11(7-10(9)2)13(16)14-6-5-12(15)8-14/h3-4,7,12,15H,5-6,8H2,1-2H3. The molecule has 16 heavy (non-hydrogen) atoms. The maximum Gasteiger partial charge on any atom is 0.253 e. The van der Waals surface area contributed by atoms with Crippen molar-refractivity contribution in [2.24, 2.45) is 0 Å². The molecule has 1 saturated heterocycles. The maximum absolute atomic E-state index is 12.1. The van der Waals surface area contributed by atoms with Crippen LogP contribution in [0.1, 0.15) is 27.9 Å². The molecule has 1 aromatic carbocycles. The Bertz CT molecular complexity index is 414. The summed E-state index contributed by atoms with van der Waals surface area (Å²) in [7, 11) is 0. The zero-order chi connectivity index (χ0) is 11.7. The van der Waals surface area contributed by atoms with E-state index in [0.29, 0.717) is 19.5 Å². The summed E-state index contributed by atoms with van der Waals surface area (Å²) in [6.07, 6.45) is 0.340. The number of carbonyl (C=O) groups is 1. The van der Waals surface area contributed by atoms with Crippen molar-refractivity contribution in [1.82, 2.24) is 4.90 Å². The number of β-amino-alcohol motifs (C(OH)–C–C–N with tert-alkyl or cyclic N) is 1. The minimum atomic E-state index is -0.351. The Labute approximate surface area is 95.7 Å². The van der Waals surface area contributed by atoms with Gasteiger partial charge in [0.25, 0.3) is 5.91 Å². The second-order valence-corrected chi connectivity index (χ2v) is 4.49. The van der Waals surface area contributed by atoms with E-state index in [-0.39, 0.29) is 12.0 Å². The van der Waals surface area contributed by atoms with Crippen LogP contribution in [0.3, 0.4) is 0 Å². The fourth-order valence-electron chi connectivity index (χ4n) is 1.98. The third kappa shape index (κ3) is 2.09. The van der Waals surface area contributed by atoms with E-state index < -0.39 is 0 Å². The molecule has 1 unspecified atom stereocenters. The molecule has 0 radical (unpaired) electrons. The zero-order valence-corrected chi connectivity index (χ0v) is 9.73. The first-order valence-electron chi connectivity index (χ1n) is 5.62. The summed E-state index contributed by atoms with van der Waals surface area (Å²) >= 11 is 0. The third-order valence-electron chi connectivity index (χ3n) is 3.20. The normalized spacial score (nSPS) is 20.2. The van der Waals surface area contributed by atoms with Crippen LogP contribution in [0.5, 0.6) is 0 Å². The van der Waals surface area contributed by atoms with Crippen LogP contribution in [-0.2, 0) is 0 Å². The number of hydrogen-bond acceptors (Lipinski definition) is 2. The number of carbonyl (C=O) groups excluding carboxylic acids is 1. The second kappa shape index (κ2) is 4.26. The van der Waals surface area contributed by atoms with Gasteiger partial charge in [-0.2, -0.15) is 0 Å². The number of aliphatic hydroxyl groups is 1. The number of aliphatic hydroxyl groups excluding tert-OH is 1. The van der Waals surface area contributed by atoms with Crippen LogP contribution in [0.2, 0.25) is 0 Å². The minimum absolute atomic E-state index is 0.0275. The summed E-state index contributed by atoms with van der Waals surface area (Å²) in [6, 6.07) is 5.74. The average molecular weight is 219 g/mol. The van der Waals surface area contributed by atoms with Gasteiger partial charge in [-0.15, -0.1) is 0 Å². The highest BCUT2D eigenvalue weighted by Crippen LogP contribution is 2.16. The number of benzene rings is 1. The van der Waals surface area contributed by atoms with Crippen molar-refractivity contribution < 1.29 is 9.90 Å². The Balaban J connectivity index is 2.18. The fourth-order valence-corrected chi connectivity index (χ4v) is 1.98. The number of rotatable bonds is 1. The highest BCUT2D eigenvalue weighted by atomic mass is 16.3. The molecule has 0 aliphatic carbocycles. The summed E-state index contributed by atoms with van der Waals surface area (Å²) in [5.74, 6) is 0.0275. The SMILES string of the molecule is Cc1ccc(C(=O)N2CCC(O)C2)cc1C. The molecule has 1 aliphatic rings. The van der Waals surface area contributed by atoms with Gasteiger partial charge in [0.1, 0.15) is 0 Å². The van der Waals surface area contributed by atoms with E-state index in [9.17, 15) is 9.90 Å². The summed E-state index contributed by atoms with van der Waals surface area (Å²) in [6.45, 7) is 5.16. The van der Waals surface area contributed by atoms with E-state index in [1.807, 2.05) is 32.0 Å². The molecule has 1 N–H and O–H groups in total. The van der Waals surface area contributed by atoms with Crippen molar-refractivity contribution in [3.8, 4) is 0 Å². The van der Waals surface area contributed by atoms with Crippen LogP contribution in [0, 0.1) is 13.8 Å². The van der Waals surface area contributed by atoms with E-state index in [1.54, 1.807) is 4.90 Å². The van der Waals surface area contributed by atoms with Gasteiger partial charge in [-0.05, 0) is 43.5 Å². The molecule has 0 aromatic heterocycles. The number of nitrogens with zero attached hydrogens (tertiary/aromatic N) is 1. The quantitative estimate of drug-likeness (QED) is 0.777. The minimum Gasteiger partial charge on any atom is -0.391 e. The molecule has 1 aromatic rings. The van der Waals surface area contributed by atoms with Gasteiger partial charge in [-0.1, -0.05) is 6.07 Å². The fraction of sp³-hybridized carbons (Fsp3) is 0.462. The summed E-state index contributed by atoms with van der Waals surface area (Å²) < 4.78 is 0. The topological polar surface area (TPSA) is 40.5 Å². The van der Waals surface area contributed by atoms with Crippen LogP contribution < -0.4 is 0 Å². The van der Waals surface area contributed by atoms with E-state index >= 15 is 0 Å². The number of likely N-dealkylation sites (tertiary alicyclic amines) is 1. The van der Waals surface area contributed by atoms with Gasteiger partial charge >= 0.3 is 0 Å². The monoisotopic (exact) mass is 219 g/mol. The molecular formula is C13H17NO2. The van der Waals surface area contributed by atoms with E-state index in [2.05, 4.69) is 0 Å². The lowest BCUT2D eigenvalue weighted by atomic mass is 10.1. The van der Waals surface area contributed by atoms with Crippen molar-refractivity contribution in [2.45, 2.75) is 26.4 Å². The van der Waals surface area contributed by atoms with Gasteiger partial charge in [-0.3, -0.25) is 4.79 Å². The molecule has 0 bridgehead atoms. The van der Waals surface area contributed by atoms with Crippen molar-refractivity contribution in [1.29, 1.82) is 0 Å². The molecule has 3 heteroatoms. The largest absolute Gasteiger partial charge is 0.391 e. The number of amides is 1. The first-order valence-corrected chi connectivity index (χ1v) is 5.62. The van der Waals surface area contributed by atoms with Crippen LogP contribution >= 0.6 is 0 Å². The zero-order valence-electron chi connectivity index (χ0n) is 9.73. The van der Waals surface area contributed by atoms with Crippen molar-refractivity contribution in [3.05, 3.63) is 34.9 Å². The highest BCUT2D eigenvalue weighted by Gasteiger charge is 2.25. The van der Waals surface area contributed by atoms with Crippen LogP contribution in [0.15, 0.2) is 18.2 Å². The molecule has 2 rings (SSSR count). The Morgan fingerprint density at radius 2 is 2.12 bits per heavy atom. The average Bonchev–Trinajstić information content (AvgIpc) is 2.68. The Hall–Kier alpha value is -1.35. The molecule has 1 atom stereocenters. The molecule has 86 valence electrons. The van der Waals surface area contributed by atoms with Crippen molar-refractivity contribution in [3.63, 3.8) is 0 Å². The lowest BCUT2D eigenvalue weighted by Gasteiger charge is -2.16. The molecule has 1 fully saturated rings. The summed E-state index contributed by atoms with van der Waals surface area (Å²) in [5.41, 5.74) is 3.04. The van der Waals surface area contributed by atoms with Gasteiger partial charge in [0.2, 0.25) is 0 Å². The van der Waals surface area contributed by atoms with E-state index in [0.717, 1.165) is 11.1 Å². The van der Waals surface area contributed by atoms with E-state index in [1.165, 1.54) is 5.56 Å². The molecule has 0 spiro atoms. The van der Waals surface area contributed by atoms with Gasteiger partial charge < -0.3 is 10.0 Å². The first kappa shape index (κ1) is 11.1. The van der Waals surface area contributed by atoms with Crippen molar-refractivity contribution in [2.75, 3.05) is 13.1 Å². The Morgan fingerprint density at radius 3 is 2.69 bits per heavy atom. The number of aryl methyl sites for hydroxylation is 2. The summed E-state index contributed by atoms with van der Waals surface area (Å²) in [4.78, 5) is 13.8. The van der Waals surface area contributed by atoms with Gasteiger partial charge in [-0.25, -0.2) is 0 Å². The summed E-state index contributed by atoms with van der Waals surface area (Å²) in [5, 5.41) is 9.40. The first-order chi connectivity index (χ1) is 7.58. The maximum atomic E-state index is 12.1. The third-order valence-corrected chi connectivity index (χ3v) is 3.20. The molecule has 1 heterocycles. The Kier molecular flexibility index (Phi) is 2.97. The predicted octanol–water partition coefficient (Wildman–Crippen LogP) is 1.51.